The predicted octanol–water partition coefficient (Wildman–Crippen LogP) is 3.48. The molecule has 0 fully saturated rings. The lowest BCUT2D eigenvalue weighted by Gasteiger charge is -2.12. The van der Waals surface area contributed by atoms with Crippen molar-refractivity contribution in [3.63, 3.8) is 0 Å². The molecule has 1 aromatic heterocycles. The van der Waals surface area contributed by atoms with Gasteiger partial charge in [-0.05, 0) is 24.5 Å². The molecule has 0 aliphatic carbocycles. The number of aryl methyl sites for hydroxylation is 1. The Kier molecular flexibility index (Phi) is 2.65. The maximum absolute atomic E-state index is 12.6. The number of aromatic nitrogens is 1. The van der Waals surface area contributed by atoms with Gasteiger partial charge in [-0.1, -0.05) is 13.8 Å². The van der Waals surface area contributed by atoms with E-state index in [2.05, 4.69) is 0 Å². The van der Waals surface area contributed by atoms with Crippen molar-refractivity contribution < 1.29 is 13.2 Å². The zero-order chi connectivity index (χ0) is 11.1. The maximum atomic E-state index is 12.6. The van der Waals surface area contributed by atoms with Crippen molar-refractivity contribution >= 4 is 0 Å². The van der Waals surface area contributed by atoms with Gasteiger partial charge in [-0.3, -0.25) is 0 Å². The normalized spacial score (nSPS) is 12.6. The van der Waals surface area contributed by atoms with Crippen LogP contribution in [0.2, 0.25) is 0 Å². The summed E-state index contributed by atoms with van der Waals surface area (Å²) in [5.74, 6) is 0.106. The Hall–Kier alpha value is -0.930. The number of alkyl halides is 3. The van der Waals surface area contributed by atoms with Gasteiger partial charge in [-0.25, -0.2) is 0 Å². The van der Waals surface area contributed by atoms with Crippen molar-refractivity contribution in [1.82, 2.24) is 4.57 Å². The van der Waals surface area contributed by atoms with Crippen LogP contribution in [0.1, 0.15) is 36.7 Å². The first-order chi connectivity index (χ1) is 6.25. The fraction of sp³-hybridized carbons (Fsp3) is 0.600. The average molecular weight is 205 g/mol. The first-order valence-electron chi connectivity index (χ1n) is 4.48. The molecule has 1 nitrogen and oxygen atoms in total. The van der Waals surface area contributed by atoms with Crippen molar-refractivity contribution in [3.05, 3.63) is 23.0 Å². The van der Waals surface area contributed by atoms with Gasteiger partial charge in [0.25, 0.3) is 0 Å². The molecule has 1 rings (SSSR count). The zero-order valence-corrected chi connectivity index (χ0v) is 8.74. The van der Waals surface area contributed by atoms with E-state index in [1.54, 1.807) is 6.07 Å². The molecule has 0 spiro atoms. The van der Waals surface area contributed by atoms with Crippen molar-refractivity contribution in [2.75, 3.05) is 0 Å². The van der Waals surface area contributed by atoms with Crippen LogP contribution in [-0.4, -0.2) is 4.57 Å². The van der Waals surface area contributed by atoms with Crippen LogP contribution in [0.15, 0.2) is 6.07 Å². The Morgan fingerprint density at radius 1 is 1.29 bits per heavy atom. The summed E-state index contributed by atoms with van der Waals surface area (Å²) >= 11 is 0. The Bertz CT molecular complexity index is 334. The minimum Gasteiger partial charge on any atom is -0.344 e. The molecule has 0 amide bonds. The average Bonchev–Trinajstić information content (AvgIpc) is 2.24. The first kappa shape index (κ1) is 11.1. The lowest BCUT2D eigenvalue weighted by molar-refractivity contribution is -0.143. The van der Waals surface area contributed by atoms with E-state index < -0.39 is 11.9 Å². The fourth-order valence-electron chi connectivity index (χ4n) is 1.75. The second-order valence-electron chi connectivity index (χ2n) is 3.81. The highest BCUT2D eigenvalue weighted by Gasteiger charge is 2.36. The van der Waals surface area contributed by atoms with Gasteiger partial charge >= 0.3 is 6.18 Å². The highest BCUT2D eigenvalue weighted by Crippen LogP contribution is 2.34. The fourth-order valence-corrected chi connectivity index (χ4v) is 1.75. The van der Waals surface area contributed by atoms with E-state index in [9.17, 15) is 13.2 Å². The summed E-state index contributed by atoms with van der Waals surface area (Å²) in [6, 6.07) is 1.60. The first-order valence-corrected chi connectivity index (χ1v) is 4.48. The van der Waals surface area contributed by atoms with Crippen LogP contribution < -0.4 is 0 Å². The van der Waals surface area contributed by atoms with E-state index in [1.807, 2.05) is 13.8 Å². The monoisotopic (exact) mass is 205 g/mol. The molecule has 0 N–H and O–H groups in total. The predicted molar refractivity (Wildman–Crippen MR) is 49.2 cm³/mol. The maximum Gasteiger partial charge on any atom is 0.431 e. The van der Waals surface area contributed by atoms with Crippen LogP contribution in [0.5, 0.6) is 0 Å². The molecule has 0 aromatic carbocycles. The third-order valence-corrected chi connectivity index (χ3v) is 2.32. The highest BCUT2D eigenvalue weighted by molar-refractivity contribution is 5.30. The van der Waals surface area contributed by atoms with E-state index in [-0.39, 0.29) is 5.92 Å². The SMILES string of the molecule is Cc1cc(C(C)C)n(C)c1C(F)(F)F. The molecule has 1 aromatic rings. The molecule has 0 radical (unpaired) electrons. The summed E-state index contributed by atoms with van der Waals surface area (Å²) in [4.78, 5) is 0. The van der Waals surface area contributed by atoms with Crippen LogP contribution in [0.3, 0.4) is 0 Å². The van der Waals surface area contributed by atoms with Crippen LogP contribution >= 0.6 is 0 Å². The molecule has 0 saturated carbocycles. The molecule has 1 heterocycles. The quantitative estimate of drug-likeness (QED) is 0.661. The molecular formula is C10H14F3N. The van der Waals surface area contributed by atoms with Crippen molar-refractivity contribution in [2.24, 2.45) is 7.05 Å². The van der Waals surface area contributed by atoms with Crippen molar-refractivity contribution in [1.29, 1.82) is 0 Å². The van der Waals surface area contributed by atoms with E-state index in [0.717, 1.165) is 5.69 Å². The Morgan fingerprint density at radius 2 is 1.79 bits per heavy atom. The highest BCUT2D eigenvalue weighted by atomic mass is 19.4. The molecule has 0 aliphatic rings. The lowest BCUT2D eigenvalue weighted by atomic mass is 10.1. The minimum atomic E-state index is -4.26. The lowest BCUT2D eigenvalue weighted by Crippen LogP contribution is -2.14. The van der Waals surface area contributed by atoms with Crippen LogP contribution in [0.25, 0.3) is 0 Å². The molecule has 0 bridgehead atoms. The van der Waals surface area contributed by atoms with Gasteiger partial charge in [0.1, 0.15) is 5.69 Å². The van der Waals surface area contributed by atoms with E-state index in [0.29, 0.717) is 5.56 Å². The molecule has 0 saturated heterocycles. The molecule has 4 heteroatoms. The zero-order valence-electron chi connectivity index (χ0n) is 8.74. The number of hydrogen-bond acceptors (Lipinski definition) is 0. The van der Waals surface area contributed by atoms with Gasteiger partial charge in [0.05, 0.1) is 0 Å². The van der Waals surface area contributed by atoms with Gasteiger partial charge in [0, 0.05) is 12.7 Å². The third-order valence-electron chi connectivity index (χ3n) is 2.32. The second-order valence-corrected chi connectivity index (χ2v) is 3.81. The summed E-state index contributed by atoms with van der Waals surface area (Å²) in [6.45, 7) is 5.26. The number of halogens is 3. The Morgan fingerprint density at radius 3 is 2.00 bits per heavy atom. The smallest absolute Gasteiger partial charge is 0.344 e. The third kappa shape index (κ3) is 1.79. The van der Waals surface area contributed by atoms with Crippen molar-refractivity contribution in [2.45, 2.75) is 32.9 Å². The molecule has 14 heavy (non-hydrogen) atoms. The van der Waals surface area contributed by atoms with Gasteiger partial charge in [0.15, 0.2) is 0 Å². The molecule has 0 atom stereocenters. The number of rotatable bonds is 1. The topological polar surface area (TPSA) is 4.93 Å². The molecule has 0 aliphatic heterocycles. The number of hydrogen-bond donors (Lipinski definition) is 0. The Labute approximate surface area is 81.5 Å². The summed E-state index contributed by atoms with van der Waals surface area (Å²) in [5.41, 5.74) is 0.472. The van der Waals surface area contributed by atoms with Gasteiger partial charge in [-0.15, -0.1) is 0 Å². The molecule has 0 unspecified atom stereocenters. The van der Waals surface area contributed by atoms with E-state index in [1.165, 1.54) is 18.5 Å². The largest absolute Gasteiger partial charge is 0.431 e. The van der Waals surface area contributed by atoms with Crippen LogP contribution in [0, 0.1) is 6.92 Å². The molecular weight excluding hydrogens is 191 g/mol. The van der Waals surface area contributed by atoms with Gasteiger partial charge in [0.2, 0.25) is 0 Å². The summed E-state index contributed by atoms with van der Waals surface area (Å²) < 4.78 is 38.9. The minimum absolute atomic E-state index is 0.106. The van der Waals surface area contributed by atoms with Crippen LogP contribution in [0.4, 0.5) is 13.2 Å². The summed E-state index contributed by atoms with van der Waals surface area (Å²) in [5, 5.41) is 0. The molecule has 80 valence electrons. The van der Waals surface area contributed by atoms with Gasteiger partial charge < -0.3 is 4.57 Å². The Balaban J connectivity index is 3.33. The number of nitrogens with zero attached hydrogens (tertiary/aromatic N) is 1. The standard InChI is InChI=1S/C10H14F3N/c1-6(2)8-5-7(3)9(14(8)4)10(11,12)13/h5-6H,1-4H3. The summed E-state index contributed by atoms with van der Waals surface area (Å²) in [6.07, 6.45) is -4.26. The van der Waals surface area contributed by atoms with Crippen LogP contribution in [-0.2, 0) is 13.2 Å². The van der Waals surface area contributed by atoms with E-state index in [4.69, 9.17) is 0 Å². The summed E-state index contributed by atoms with van der Waals surface area (Å²) in [7, 11) is 1.46. The van der Waals surface area contributed by atoms with Crippen molar-refractivity contribution in [3.8, 4) is 0 Å². The second kappa shape index (κ2) is 3.33. The van der Waals surface area contributed by atoms with E-state index >= 15 is 0 Å². The van der Waals surface area contributed by atoms with Gasteiger partial charge in [-0.2, -0.15) is 13.2 Å².